The van der Waals surface area contributed by atoms with E-state index in [1.54, 1.807) is 17.0 Å². The fourth-order valence-electron chi connectivity index (χ4n) is 4.26. The summed E-state index contributed by atoms with van der Waals surface area (Å²) in [5, 5.41) is 3.15. The van der Waals surface area contributed by atoms with Crippen molar-refractivity contribution in [1.29, 1.82) is 0 Å². The van der Waals surface area contributed by atoms with E-state index in [0.29, 0.717) is 6.42 Å². The molecule has 0 saturated heterocycles. The predicted molar refractivity (Wildman–Crippen MR) is 123 cm³/mol. The molecule has 2 amide bonds. The molecule has 1 aliphatic rings. The molecule has 0 aromatic heterocycles. The number of benzene rings is 2. The van der Waals surface area contributed by atoms with Crippen LogP contribution in [0.15, 0.2) is 48.5 Å². The summed E-state index contributed by atoms with van der Waals surface area (Å²) in [7, 11) is 0. The Morgan fingerprint density at radius 2 is 1.88 bits per heavy atom. The molecule has 1 N–H and O–H groups in total. The first-order valence-electron chi connectivity index (χ1n) is 11.5. The first-order chi connectivity index (χ1) is 15.5. The molecule has 0 bridgehead atoms. The second kappa shape index (κ2) is 11.7. The van der Waals surface area contributed by atoms with Crippen LogP contribution in [0.4, 0.5) is 4.39 Å². The number of carbonyl (C=O) groups is 2. The van der Waals surface area contributed by atoms with Crippen LogP contribution < -0.4 is 10.1 Å². The van der Waals surface area contributed by atoms with E-state index >= 15 is 0 Å². The maximum absolute atomic E-state index is 13.9. The first-order valence-corrected chi connectivity index (χ1v) is 11.5. The fraction of sp³-hybridized carbons (Fsp3) is 0.462. The molecule has 5 nitrogen and oxygen atoms in total. The monoisotopic (exact) mass is 440 g/mol. The molecule has 1 aliphatic carbocycles. The van der Waals surface area contributed by atoms with Crippen LogP contribution in [-0.4, -0.2) is 35.4 Å². The highest BCUT2D eigenvalue weighted by Gasteiger charge is 2.30. The summed E-state index contributed by atoms with van der Waals surface area (Å²) in [4.78, 5) is 27.9. The lowest BCUT2D eigenvalue weighted by Crippen LogP contribution is -2.52. The third-order valence-corrected chi connectivity index (χ3v) is 5.96. The van der Waals surface area contributed by atoms with Crippen LogP contribution in [0, 0.1) is 12.7 Å². The van der Waals surface area contributed by atoms with Gasteiger partial charge in [-0.25, -0.2) is 4.39 Å². The summed E-state index contributed by atoms with van der Waals surface area (Å²) >= 11 is 0. The van der Waals surface area contributed by atoms with Gasteiger partial charge in [-0.15, -0.1) is 0 Å². The van der Waals surface area contributed by atoms with Gasteiger partial charge < -0.3 is 15.0 Å². The van der Waals surface area contributed by atoms with Crippen molar-refractivity contribution in [3.05, 3.63) is 65.5 Å². The molecular formula is C26H33FN2O3. The molecule has 1 atom stereocenters. The number of nitrogens with one attached hydrogen (secondary N) is 1. The van der Waals surface area contributed by atoms with E-state index < -0.39 is 11.9 Å². The van der Waals surface area contributed by atoms with Gasteiger partial charge in [0.15, 0.2) is 18.2 Å². The summed E-state index contributed by atoms with van der Waals surface area (Å²) in [6.45, 7) is 3.85. The molecule has 0 radical (unpaired) electrons. The van der Waals surface area contributed by atoms with E-state index in [0.717, 1.165) is 36.8 Å². The Bertz CT molecular complexity index is 911. The number of aryl methyl sites for hydroxylation is 1. The lowest BCUT2D eigenvalue weighted by atomic mass is 9.95. The molecule has 1 fully saturated rings. The van der Waals surface area contributed by atoms with Crippen molar-refractivity contribution in [3.8, 4) is 5.75 Å². The Labute approximate surface area is 190 Å². The summed E-state index contributed by atoms with van der Waals surface area (Å²) in [6, 6.07) is 13.4. The quantitative estimate of drug-likeness (QED) is 0.611. The van der Waals surface area contributed by atoms with Gasteiger partial charge >= 0.3 is 0 Å². The predicted octanol–water partition coefficient (Wildman–Crippen LogP) is 4.77. The van der Waals surface area contributed by atoms with Crippen LogP contribution in [0.1, 0.15) is 56.6 Å². The van der Waals surface area contributed by atoms with E-state index in [1.165, 1.54) is 18.6 Å². The number of rotatable bonds is 9. The van der Waals surface area contributed by atoms with E-state index in [2.05, 4.69) is 5.32 Å². The molecule has 172 valence electrons. The van der Waals surface area contributed by atoms with Crippen LogP contribution in [-0.2, 0) is 16.1 Å². The molecular weight excluding hydrogens is 407 g/mol. The van der Waals surface area contributed by atoms with Crippen molar-refractivity contribution in [1.82, 2.24) is 10.2 Å². The Morgan fingerprint density at radius 1 is 1.12 bits per heavy atom. The third-order valence-electron chi connectivity index (χ3n) is 5.96. The smallest absolute Gasteiger partial charge is 0.261 e. The highest BCUT2D eigenvalue weighted by Crippen LogP contribution is 2.20. The summed E-state index contributed by atoms with van der Waals surface area (Å²) < 4.78 is 19.4. The van der Waals surface area contributed by atoms with Crippen molar-refractivity contribution in [2.75, 3.05) is 6.61 Å². The highest BCUT2D eigenvalue weighted by atomic mass is 19.1. The average molecular weight is 441 g/mol. The second-order valence-corrected chi connectivity index (χ2v) is 8.50. The van der Waals surface area contributed by atoms with Gasteiger partial charge in [-0.1, -0.05) is 68.1 Å². The summed E-state index contributed by atoms with van der Waals surface area (Å²) in [5.74, 6) is -0.977. The second-order valence-electron chi connectivity index (χ2n) is 8.50. The minimum absolute atomic E-state index is 0.0241. The van der Waals surface area contributed by atoms with Crippen LogP contribution in [0.25, 0.3) is 0 Å². The van der Waals surface area contributed by atoms with E-state index in [-0.39, 0.29) is 36.8 Å². The van der Waals surface area contributed by atoms with E-state index in [9.17, 15) is 14.0 Å². The highest BCUT2D eigenvalue weighted by molar-refractivity contribution is 5.88. The number of hydrogen-bond donors (Lipinski definition) is 1. The van der Waals surface area contributed by atoms with E-state index in [4.69, 9.17) is 4.74 Å². The van der Waals surface area contributed by atoms with Gasteiger partial charge in [0, 0.05) is 12.6 Å². The fourth-order valence-corrected chi connectivity index (χ4v) is 4.26. The standard InChI is InChI=1S/C26H33FN2O3/c1-3-23(26(31)28-21-12-5-4-6-13-21)29(17-20-11-9-10-19(2)16-20)25(30)18-32-24-15-8-7-14-22(24)27/h7-11,14-16,21,23H,3-6,12-13,17-18H2,1-2H3,(H,28,31). The van der Waals surface area contributed by atoms with Gasteiger partial charge in [0.1, 0.15) is 6.04 Å². The molecule has 1 saturated carbocycles. The minimum atomic E-state index is -0.617. The zero-order valence-corrected chi connectivity index (χ0v) is 19.0. The molecule has 0 aliphatic heterocycles. The maximum atomic E-state index is 13.9. The number of carbonyl (C=O) groups excluding carboxylic acids is 2. The van der Waals surface area contributed by atoms with Gasteiger partial charge in [0.25, 0.3) is 5.91 Å². The first kappa shape index (κ1) is 23.8. The van der Waals surface area contributed by atoms with Gasteiger partial charge in [0.2, 0.25) is 5.91 Å². The lowest BCUT2D eigenvalue weighted by Gasteiger charge is -2.32. The van der Waals surface area contributed by atoms with Crippen LogP contribution >= 0.6 is 0 Å². The molecule has 1 unspecified atom stereocenters. The van der Waals surface area contributed by atoms with Crippen molar-refractivity contribution >= 4 is 11.8 Å². The average Bonchev–Trinajstić information content (AvgIpc) is 2.79. The van der Waals surface area contributed by atoms with Crippen molar-refractivity contribution in [2.45, 2.75) is 71.0 Å². The van der Waals surface area contributed by atoms with Crippen molar-refractivity contribution in [2.24, 2.45) is 0 Å². The number of halogens is 1. The molecule has 32 heavy (non-hydrogen) atoms. The summed E-state index contributed by atoms with van der Waals surface area (Å²) in [5.41, 5.74) is 2.02. The topological polar surface area (TPSA) is 58.6 Å². The van der Waals surface area contributed by atoms with E-state index in [1.807, 2.05) is 38.1 Å². The number of amides is 2. The molecule has 2 aromatic carbocycles. The molecule has 6 heteroatoms. The molecule has 3 rings (SSSR count). The normalized spacial score (nSPS) is 15.1. The number of hydrogen-bond acceptors (Lipinski definition) is 3. The van der Waals surface area contributed by atoms with Crippen molar-refractivity contribution < 1.29 is 18.7 Å². The largest absolute Gasteiger partial charge is 0.481 e. The van der Waals surface area contributed by atoms with Gasteiger partial charge in [-0.2, -0.15) is 0 Å². The zero-order valence-electron chi connectivity index (χ0n) is 19.0. The number of nitrogens with zero attached hydrogens (tertiary/aromatic N) is 1. The maximum Gasteiger partial charge on any atom is 0.261 e. The Balaban J connectivity index is 1.76. The van der Waals surface area contributed by atoms with Gasteiger partial charge in [0.05, 0.1) is 0 Å². The van der Waals surface area contributed by atoms with Gasteiger partial charge in [-0.3, -0.25) is 9.59 Å². The van der Waals surface area contributed by atoms with Gasteiger partial charge in [-0.05, 0) is 43.9 Å². The van der Waals surface area contributed by atoms with Crippen LogP contribution in [0.3, 0.4) is 0 Å². The van der Waals surface area contributed by atoms with Crippen molar-refractivity contribution in [3.63, 3.8) is 0 Å². The summed E-state index contributed by atoms with van der Waals surface area (Å²) in [6.07, 6.45) is 5.87. The SMILES string of the molecule is CCC(C(=O)NC1CCCCC1)N(Cc1cccc(C)c1)C(=O)COc1ccccc1F. The van der Waals surface area contributed by atoms with Crippen LogP contribution in [0.2, 0.25) is 0 Å². The molecule has 0 spiro atoms. The lowest BCUT2D eigenvalue weighted by molar-refractivity contribution is -0.143. The van der Waals surface area contributed by atoms with Crippen LogP contribution in [0.5, 0.6) is 5.75 Å². The minimum Gasteiger partial charge on any atom is -0.481 e. The Morgan fingerprint density at radius 3 is 2.56 bits per heavy atom. The number of ether oxygens (including phenoxy) is 1. The Kier molecular flexibility index (Phi) is 8.65. The Hall–Kier alpha value is -2.89. The molecule has 2 aromatic rings. The number of para-hydroxylation sites is 1. The zero-order chi connectivity index (χ0) is 22.9. The molecule has 0 heterocycles. The third kappa shape index (κ3) is 6.55.